The van der Waals surface area contributed by atoms with Gasteiger partial charge in [-0.3, -0.25) is 0 Å². The molecule has 1 aliphatic rings. The van der Waals surface area contributed by atoms with Crippen molar-refractivity contribution in [2.75, 3.05) is 92.2 Å². The van der Waals surface area contributed by atoms with Crippen LogP contribution in [0.25, 0.3) is 0 Å². The highest BCUT2D eigenvalue weighted by Gasteiger charge is 2.33. The lowest BCUT2D eigenvalue weighted by atomic mass is 9.93. The van der Waals surface area contributed by atoms with Crippen LogP contribution >= 0.6 is 0 Å². The number of nitrogens with zero attached hydrogens (tertiary/aromatic N) is 1. The van der Waals surface area contributed by atoms with E-state index in [1.807, 2.05) is 0 Å². The van der Waals surface area contributed by atoms with Gasteiger partial charge in [0, 0.05) is 11.8 Å². The third-order valence-corrected chi connectivity index (χ3v) is 7.29. The Kier molecular flexibility index (Phi) is 20.6. The number of hydrogen-bond donors (Lipinski definition) is 0. The summed E-state index contributed by atoms with van der Waals surface area (Å²) in [4.78, 5) is 0. The number of rotatable bonds is 12. The Hall–Kier alpha value is -0.240. The zero-order valence-electron chi connectivity index (χ0n) is 23.2. The first-order valence-electron chi connectivity index (χ1n) is 14.4. The molecule has 204 valence electrons. The second kappa shape index (κ2) is 22.0. The molecule has 34 heavy (non-hydrogen) atoms. The summed E-state index contributed by atoms with van der Waals surface area (Å²) < 4.78 is 30.2. The van der Waals surface area contributed by atoms with Crippen molar-refractivity contribution in [2.45, 2.75) is 79.1 Å². The highest BCUT2D eigenvalue weighted by atomic mass is 16.6. The molecule has 0 bridgehead atoms. The van der Waals surface area contributed by atoms with Crippen LogP contribution in [0, 0.1) is 11.8 Å². The maximum absolute atomic E-state index is 6.08. The van der Waals surface area contributed by atoms with Gasteiger partial charge in [-0.1, -0.05) is 53.4 Å². The molecule has 0 aromatic carbocycles. The zero-order valence-corrected chi connectivity index (χ0v) is 23.2. The van der Waals surface area contributed by atoms with Gasteiger partial charge < -0.3 is 28.2 Å². The smallest absolute Gasteiger partial charge is 0.102 e. The Bertz CT molecular complexity index is 399. The first-order chi connectivity index (χ1) is 16.7. The summed E-state index contributed by atoms with van der Waals surface area (Å²) in [5.74, 6) is 1.54. The molecule has 2 atom stereocenters. The topological polar surface area (TPSA) is 46.2 Å². The molecule has 1 rings (SSSR count). The lowest BCUT2D eigenvalue weighted by Gasteiger charge is -2.43. The van der Waals surface area contributed by atoms with Crippen LogP contribution in [0.3, 0.4) is 0 Å². The highest BCUT2D eigenvalue weighted by molar-refractivity contribution is 4.64. The molecule has 0 spiro atoms. The third kappa shape index (κ3) is 15.7. The van der Waals surface area contributed by atoms with Gasteiger partial charge in [0.15, 0.2) is 0 Å². The number of hydrogen-bond acceptors (Lipinski definition) is 5. The number of quaternary nitrogens is 1. The van der Waals surface area contributed by atoms with Crippen LogP contribution in [-0.4, -0.2) is 96.7 Å². The SMILES string of the molecule is CCCCC(CC)C[N+]1(CC(CC)CCCC)CCOCCOCCOCCOCCOCC1. The van der Waals surface area contributed by atoms with Crippen molar-refractivity contribution < 1.29 is 28.2 Å². The fraction of sp³-hybridized carbons (Fsp3) is 1.00. The fourth-order valence-corrected chi connectivity index (χ4v) is 4.98. The molecular formula is C28H58NO5+. The average Bonchev–Trinajstić information content (AvgIpc) is 2.85. The second-order valence-corrected chi connectivity index (χ2v) is 10.0. The summed E-state index contributed by atoms with van der Waals surface area (Å²) in [6, 6.07) is 0. The predicted octanol–water partition coefficient (Wildman–Crippen LogP) is 5.33. The highest BCUT2D eigenvalue weighted by Crippen LogP contribution is 2.25. The van der Waals surface area contributed by atoms with Crippen LogP contribution in [-0.2, 0) is 23.7 Å². The molecule has 0 aromatic heterocycles. The summed E-state index contributed by atoms with van der Waals surface area (Å²) in [6.45, 7) is 20.6. The molecular weight excluding hydrogens is 430 g/mol. The van der Waals surface area contributed by atoms with Gasteiger partial charge in [-0.2, -0.15) is 0 Å². The van der Waals surface area contributed by atoms with Gasteiger partial charge in [0.05, 0.1) is 79.2 Å². The molecule has 0 amide bonds. The molecule has 0 aromatic rings. The van der Waals surface area contributed by atoms with E-state index in [2.05, 4.69) is 27.7 Å². The minimum atomic E-state index is 0.603. The van der Waals surface area contributed by atoms with Crippen molar-refractivity contribution in [3.8, 4) is 0 Å². The second-order valence-electron chi connectivity index (χ2n) is 10.0. The molecule has 1 aliphatic heterocycles. The normalized spacial score (nSPS) is 21.9. The van der Waals surface area contributed by atoms with Gasteiger partial charge in [-0.15, -0.1) is 0 Å². The van der Waals surface area contributed by atoms with Crippen molar-refractivity contribution in [2.24, 2.45) is 11.8 Å². The Morgan fingerprint density at radius 3 is 1.12 bits per heavy atom. The summed E-state index contributed by atoms with van der Waals surface area (Å²) in [5, 5.41) is 0. The molecule has 6 nitrogen and oxygen atoms in total. The van der Waals surface area contributed by atoms with Crippen molar-refractivity contribution in [1.82, 2.24) is 0 Å². The number of ether oxygens (including phenoxy) is 5. The molecule has 6 heteroatoms. The Morgan fingerprint density at radius 2 is 0.824 bits per heavy atom. The fourth-order valence-electron chi connectivity index (χ4n) is 4.98. The van der Waals surface area contributed by atoms with Gasteiger partial charge in [0.25, 0.3) is 0 Å². The van der Waals surface area contributed by atoms with E-state index in [1.54, 1.807) is 0 Å². The Morgan fingerprint density at radius 1 is 0.500 bits per heavy atom. The maximum atomic E-state index is 6.08. The summed E-state index contributed by atoms with van der Waals surface area (Å²) in [5.41, 5.74) is 0. The van der Waals surface area contributed by atoms with Gasteiger partial charge >= 0.3 is 0 Å². The molecule has 2 unspecified atom stereocenters. The summed E-state index contributed by atoms with van der Waals surface area (Å²) in [6.07, 6.45) is 10.4. The molecule has 1 fully saturated rings. The first-order valence-corrected chi connectivity index (χ1v) is 14.4. The molecule has 0 N–H and O–H groups in total. The summed E-state index contributed by atoms with van der Waals surface area (Å²) in [7, 11) is 0. The van der Waals surface area contributed by atoms with Crippen LogP contribution in [0.5, 0.6) is 0 Å². The standard InChI is InChI=1S/C28H58NO5/c1-5-9-11-27(7-3)25-29(26-28(8-4)12-10-6-2)13-15-30-17-19-32-21-23-34-24-22-33-20-18-31-16-14-29/h27-28H,5-26H2,1-4H3/q+1. The van der Waals surface area contributed by atoms with E-state index >= 15 is 0 Å². The van der Waals surface area contributed by atoms with E-state index in [1.165, 1.54) is 64.5 Å². The lowest BCUT2D eigenvalue weighted by molar-refractivity contribution is -0.935. The van der Waals surface area contributed by atoms with Crippen LogP contribution in [0.15, 0.2) is 0 Å². The van der Waals surface area contributed by atoms with E-state index in [0.717, 1.165) is 42.6 Å². The van der Waals surface area contributed by atoms with E-state index in [9.17, 15) is 0 Å². The third-order valence-electron chi connectivity index (χ3n) is 7.29. The van der Waals surface area contributed by atoms with Crippen molar-refractivity contribution in [3.05, 3.63) is 0 Å². The van der Waals surface area contributed by atoms with Crippen molar-refractivity contribution in [1.29, 1.82) is 0 Å². The van der Waals surface area contributed by atoms with Crippen LogP contribution in [0.4, 0.5) is 0 Å². The monoisotopic (exact) mass is 488 g/mol. The minimum Gasteiger partial charge on any atom is -0.377 e. The van der Waals surface area contributed by atoms with Crippen LogP contribution in [0.2, 0.25) is 0 Å². The van der Waals surface area contributed by atoms with E-state index < -0.39 is 0 Å². The Labute approximate surface area is 211 Å². The van der Waals surface area contributed by atoms with Crippen molar-refractivity contribution in [3.63, 3.8) is 0 Å². The van der Waals surface area contributed by atoms with Gasteiger partial charge in [0.2, 0.25) is 0 Å². The molecule has 0 aliphatic carbocycles. The predicted molar refractivity (Wildman–Crippen MR) is 140 cm³/mol. The van der Waals surface area contributed by atoms with Crippen LogP contribution < -0.4 is 0 Å². The maximum Gasteiger partial charge on any atom is 0.102 e. The molecule has 0 radical (unpaired) electrons. The molecule has 0 saturated carbocycles. The van der Waals surface area contributed by atoms with E-state index in [4.69, 9.17) is 23.7 Å². The van der Waals surface area contributed by atoms with Crippen molar-refractivity contribution >= 4 is 0 Å². The van der Waals surface area contributed by atoms with Gasteiger partial charge in [0.1, 0.15) is 13.1 Å². The summed E-state index contributed by atoms with van der Waals surface area (Å²) >= 11 is 0. The van der Waals surface area contributed by atoms with Crippen LogP contribution in [0.1, 0.15) is 79.1 Å². The first kappa shape index (κ1) is 31.8. The lowest BCUT2D eigenvalue weighted by Crippen LogP contribution is -2.56. The zero-order chi connectivity index (χ0) is 24.7. The average molecular weight is 489 g/mol. The van der Waals surface area contributed by atoms with E-state index in [0.29, 0.717) is 52.9 Å². The minimum absolute atomic E-state index is 0.603. The van der Waals surface area contributed by atoms with E-state index in [-0.39, 0.29) is 0 Å². The largest absolute Gasteiger partial charge is 0.377 e. The number of unbranched alkanes of at least 4 members (excludes halogenated alkanes) is 2. The molecule has 1 heterocycles. The van der Waals surface area contributed by atoms with Gasteiger partial charge in [-0.25, -0.2) is 0 Å². The quantitative estimate of drug-likeness (QED) is 0.347. The molecule has 1 saturated heterocycles. The Balaban J connectivity index is 2.90. The van der Waals surface area contributed by atoms with Gasteiger partial charge in [-0.05, 0) is 25.7 Å².